The molecule has 0 aliphatic rings. The van der Waals surface area contributed by atoms with E-state index in [0.717, 1.165) is 23.4 Å². The van der Waals surface area contributed by atoms with Crippen molar-refractivity contribution in [3.8, 4) is 17.6 Å². The topological polar surface area (TPSA) is 129 Å². The van der Waals surface area contributed by atoms with Crippen LogP contribution < -0.4 is 4.74 Å². The second-order valence-corrected chi connectivity index (χ2v) is 4.14. The van der Waals surface area contributed by atoms with Crippen LogP contribution in [0.1, 0.15) is 18.9 Å². The summed E-state index contributed by atoms with van der Waals surface area (Å²) in [5.74, 6) is -0.814. The molecule has 1 rings (SSSR count). The van der Waals surface area contributed by atoms with Crippen LogP contribution in [-0.2, 0) is 4.79 Å². The lowest BCUT2D eigenvalue weighted by atomic mass is 10.2. The summed E-state index contributed by atoms with van der Waals surface area (Å²) in [5.41, 5.74) is -0.267. The van der Waals surface area contributed by atoms with Crippen molar-refractivity contribution in [2.24, 2.45) is 5.10 Å². The fraction of sp³-hybridized carbons (Fsp3) is 0.308. The average Bonchev–Trinajstić information content (AvgIpc) is 2.48. The predicted octanol–water partition coefficient (Wildman–Crippen LogP) is 1.41. The summed E-state index contributed by atoms with van der Waals surface area (Å²) in [6.45, 7) is 1.34. The summed E-state index contributed by atoms with van der Waals surface area (Å²) < 4.78 is 4.86. The van der Waals surface area contributed by atoms with Crippen molar-refractivity contribution in [3.63, 3.8) is 0 Å². The highest BCUT2D eigenvalue weighted by Gasteiger charge is 2.16. The van der Waals surface area contributed by atoms with Crippen molar-refractivity contribution in [1.82, 2.24) is 5.01 Å². The van der Waals surface area contributed by atoms with Gasteiger partial charge in [0.05, 0.1) is 43.3 Å². The summed E-state index contributed by atoms with van der Waals surface area (Å²) in [6.07, 6.45) is 1.19. The zero-order valence-corrected chi connectivity index (χ0v) is 12.0. The van der Waals surface area contributed by atoms with Crippen LogP contribution in [0.3, 0.4) is 0 Å². The number of amides is 1. The van der Waals surface area contributed by atoms with Crippen molar-refractivity contribution in [3.05, 3.63) is 27.8 Å². The number of aromatic hydroxyl groups is 1. The molecule has 0 fully saturated rings. The van der Waals surface area contributed by atoms with Gasteiger partial charge in [0.25, 0.3) is 5.69 Å². The number of benzene rings is 1. The number of ether oxygens (including phenoxy) is 1. The molecule has 0 heterocycles. The van der Waals surface area contributed by atoms with Crippen LogP contribution in [0.25, 0.3) is 0 Å². The molecule has 1 aromatic carbocycles. The van der Waals surface area contributed by atoms with Crippen LogP contribution in [-0.4, -0.2) is 40.8 Å². The third-order valence-electron chi connectivity index (χ3n) is 2.66. The molecule has 0 saturated heterocycles. The largest absolute Gasteiger partial charge is 0.504 e. The van der Waals surface area contributed by atoms with Gasteiger partial charge < -0.3 is 9.84 Å². The smallest absolute Gasteiger partial charge is 0.274 e. The molecular weight excluding hydrogens is 292 g/mol. The highest BCUT2D eigenvalue weighted by Crippen LogP contribution is 2.33. The number of hydrogen-bond donors (Lipinski definition) is 1. The molecule has 116 valence electrons. The van der Waals surface area contributed by atoms with E-state index >= 15 is 0 Å². The molecule has 0 radical (unpaired) electrons. The van der Waals surface area contributed by atoms with E-state index in [1.54, 1.807) is 0 Å². The monoisotopic (exact) mass is 306 g/mol. The standard InChI is InChI=1S/C13H14N4O5/c1-9(18)16(5-3-4-14)15-8-10-6-11(17(20)21)7-12(22-2)13(10)19/h6-8,19H,3,5H2,1-2H3/b15-8-. The Hall–Kier alpha value is -3.15. The lowest BCUT2D eigenvalue weighted by Gasteiger charge is -2.13. The molecule has 1 N–H and O–H groups in total. The van der Waals surface area contributed by atoms with Gasteiger partial charge in [-0.1, -0.05) is 0 Å². The minimum atomic E-state index is -0.641. The number of rotatable bonds is 6. The minimum Gasteiger partial charge on any atom is -0.504 e. The third kappa shape index (κ3) is 4.17. The number of methoxy groups -OCH3 is 1. The number of nitriles is 1. The molecule has 1 aromatic rings. The number of phenolic OH excluding ortho intramolecular Hbond substituents is 1. The van der Waals surface area contributed by atoms with Crippen molar-refractivity contribution in [1.29, 1.82) is 5.26 Å². The average molecular weight is 306 g/mol. The SMILES string of the molecule is COc1cc([N+](=O)[O-])cc(/C=N\N(CCC#N)C(C)=O)c1O. The van der Waals surface area contributed by atoms with E-state index in [-0.39, 0.29) is 35.7 Å². The van der Waals surface area contributed by atoms with Gasteiger partial charge in [-0.3, -0.25) is 14.9 Å². The first kappa shape index (κ1) is 16.9. The lowest BCUT2D eigenvalue weighted by molar-refractivity contribution is -0.385. The number of carbonyl (C=O) groups excluding carboxylic acids is 1. The number of phenols is 1. The molecule has 9 heteroatoms. The van der Waals surface area contributed by atoms with E-state index in [0.29, 0.717) is 0 Å². The quantitative estimate of drug-likeness (QED) is 0.480. The van der Waals surface area contributed by atoms with Gasteiger partial charge in [0.2, 0.25) is 5.91 Å². The van der Waals surface area contributed by atoms with Crippen molar-refractivity contribution in [2.75, 3.05) is 13.7 Å². The molecule has 22 heavy (non-hydrogen) atoms. The third-order valence-corrected chi connectivity index (χ3v) is 2.66. The molecular formula is C13H14N4O5. The molecule has 0 aromatic heterocycles. The van der Waals surface area contributed by atoms with Crippen LogP contribution in [0.4, 0.5) is 5.69 Å². The van der Waals surface area contributed by atoms with Crippen LogP contribution in [0.5, 0.6) is 11.5 Å². The maximum absolute atomic E-state index is 11.4. The van der Waals surface area contributed by atoms with E-state index in [2.05, 4.69) is 5.10 Å². The zero-order chi connectivity index (χ0) is 16.7. The van der Waals surface area contributed by atoms with Gasteiger partial charge in [-0.15, -0.1) is 0 Å². The highest BCUT2D eigenvalue weighted by atomic mass is 16.6. The molecule has 0 aliphatic heterocycles. The van der Waals surface area contributed by atoms with E-state index in [1.165, 1.54) is 14.0 Å². The number of nitrogens with zero attached hydrogens (tertiary/aromatic N) is 4. The summed E-state index contributed by atoms with van der Waals surface area (Å²) in [7, 11) is 1.26. The Balaban J connectivity index is 3.17. The van der Waals surface area contributed by atoms with Crippen LogP contribution >= 0.6 is 0 Å². The summed E-state index contributed by atoms with van der Waals surface area (Å²) in [5, 5.41) is 34.2. The van der Waals surface area contributed by atoms with Crippen LogP contribution in [0.15, 0.2) is 17.2 Å². The molecule has 0 atom stereocenters. The van der Waals surface area contributed by atoms with Crippen molar-refractivity contribution in [2.45, 2.75) is 13.3 Å². The Kier molecular flexibility index (Phi) is 5.83. The summed E-state index contributed by atoms with van der Waals surface area (Å²) in [6, 6.07) is 4.05. The number of hydrazone groups is 1. The molecule has 0 spiro atoms. The Morgan fingerprint density at radius 1 is 1.64 bits per heavy atom. The van der Waals surface area contributed by atoms with E-state index < -0.39 is 10.8 Å². The normalized spacial score (nSPS) is 10.2. The predicted molar refractivity (Wildman–Crippen MR) is 76.5 cm³/mol. The van der Waals surface area contributed by atoms with Gasteiger partial charge in [0.15, 0.2) is 11.5 Å². The Morgan fingerprint density at radius 3 is 2.82 bits per heavy atom. The second-order valence-electron chi connectivity index (χ2n) is 4.14. The highest BCUT2D eigenvalue weighted by molar-refractivity contribution is 5.87. The zero-order valence-electron chi connectivity index (χ0n) is 12.0. The minimum absolute atomic E-state index is 0.0225. The summed E-state index contributed by atoms with van der Waals surface area (Å²) in [4.78, 5) is 21.6. The Morgan fingerprint density at radius 2 is 2.32 bits per heavy atom. The van der Waals surface area contributed by atoms with Gasteiger partial charge in [-0.05, 0) is 0 Å². The summed E-state index contributed by atoms with van der Waals surface area (Å²) >= 11 is 0. The lowest BCUT2D eigenvalue weighted by Crippen LogP contribution is -2.24. The van der Waals surface area contributed by atoms with Gasteiger partial charge in [0.1, 0.15) is 0 Å². The van der Waals surface area contributed by atoms with Gasteiger partial charge in [0, 0.05) is 18.6 Å². The number of nitro benzene ring substituents is 1. The first-order chi connectivity index (χ1) is 10.4. The van der Waals surface area contributed by atoms with Crippen molar-refractivity contribution < 1.29 is 19.6 Å². The number of hydrogen-bond acceptors (Lipinski definition) is 7. The van der Waals surface area contributed by atoms with Crippen LogP contribution in [0, 0.1) is 21.4 Å². The molecule has 1 amide bonds. The van der Waals surface area contributed by atoms with Crippen LogP contribution in [0.2, 0.25) is 0 Å². The van der Waals surface area contributed by atoms with Gasteiger partial charge in [-0.2, -0.15) is 10.4 Å². The molecule has 0 unspecified atom stereocenters. The number of nitro groups is 1. The Labute approximate surface area is 126 Å². The first-order valence-electron chi connectivity index (χ1n) is 6.15. The van der Waals surface area contributed by atoms with E-state index in [9.17, 15) is 20.0 Å². The second kappa shape index (κ2) is 7.58. The first-order valence-corrected chi connectivity index (χ1v) is 6.15. The maximum atomic E-state index is 11.4. The van der Waals surface area contributed by atoms with Gasteiger partial charge in [-0.25, -0.2) is 5.01 Å². The van der Waals surface area contributed by atoms with Crippen molar-refractivity contribution >= 4 is 17.8 Å². The fourth-order valence-corrected chi connectivity index (χ4v) is 1.56. The van der Waals surface area contributed by atoms with E-state index in [1.807, 2.05) is 6.07 Å². The van der Waals surface area contributed by atoms with Gasteiger partial charge >= 0.3 is 0 Å². The molecule has 0 bridgehead atoms. The maximum Gasteiger partial charge on any atom is 0.274 e. The molecule has 0 saturated carbocycles. The fourth-order valence-electron chi connectivity index (χ4n) is 1.56. The molecule has 9 nitrogen and oxygen atoms in total. The number of non-ortho nitro benzene ring substituents is 1. The van der Waals surface area contributed by atoms with E-state index in [4.69, 9.17) is 10.00 Å². The Bertz CT molecular complexity index is 651. The number of carbonyl (C=O) groups is 1. The molecule has 0 aliphatic carbocycles.